The van der Waals surface area contributed by atoms with Crippen LogP contribution in [0.1, 0.15) is 26.2 Å². The highest BCUT2D eigenvalue weighted by atomic mass is 127. The maximum atomic E-state index is 5.89. The summed E-state index contributed by atoms with van der Waals surface area (Å²) in [6.45, 7) is 2.21. The largest absolute Gasteiger partial charge is 0.497 e. The number of nitrogens with zero attached hydrogens (tertiary/aromatic N) is 1. The van der Waals surface area contributed by atoms with Crippen molar-refractivity contribution in [2.75, 3.05) is 12.4 Å². The van der Waals surface area contributed by atoms with Crippen LogP contribution in [0, 0.1) is 5.92 Å². The molecule has 19 heavy (non-hydrogen) atoms. The van der Waals surface area contributed by atoms with Crippen molar-refractivity contribution in [3.63, 3.8) is 0 Å². The lowest BCUT2D eigenvalue weighted by Crippen LogP contribution is -2.23. The van der Waals surface area contributed by atoms with Gasteiger partial charge < -0.3 is 15.8 Å². The van der Waals surface area contributed by atoms with E-state index >= 15 is 0 Å². The fourth-order valence-corrected chi connectivity index (χ4v) is 2.13. The Balaban J connectivity index is 0.00000180. The van der Waals surface area contributed by atoms with Crippen molar-refractivity contribution in [1.82, 2.24) is 0 Å². The summed E-state index contributed by atoms with van der Waals surface area (Å²) in [5.74, 6) is 2.04. The second-order valence-electron chi connectivity index (χ2n) is 4.72. The monoisotopic (exact) mass is 375 g/mol. The Kier molecular flexibility index (Phi) is 6.41. The lowest BCUT2D eigenvalue weighted by molar-refractivity contribution is 0.415. The lowest BCUT2D eigenvalue weighted by atomic mass is 10.2. The van der Waals surface area contributed by atoms with E-state index < -0.39 is 0 Å². The van der Waals surface area contributed by atoms with Gasteiger partial charge >= 0.3 is 0 Å². The highest BCUT2D eigenvalue weighted by molar-refractivity contribution is 14.0. The van der Waals surface area contributed by atoms with Gasteiger partial charge in [0.1, 0.15) is 5.75 Å². The molecule has 0 unspecified atom stereocenters. The average Bonchev–Trinajstić information content (AvgIpc) is 3.07. The van der Waals surface area contributed by atoms with E-state index in [4.69, 9.17) is 10.5 Å². The minimum Gasteiger partial charge on any atom is -0.497 e. The van der Waals surface area contributed by atoms with E-state index in [1.54, 1.807) is 7.11 Å². The number of hydrogen-bond acceptors (Lipinski definition) is 2. The molecule has 106 valence electrons. The maximum absolute atomic E-state index is 5.89. The van der Waals surface area contributed by atoms with Crippen LogP contribution in [0.4, 0.5) is 5.69 Å². The molecule has 1 aromatic carbocycles. The van der Waals surface area contributed by atoms with Crippen LogP contribution < -0.4 is 15.8 Å². The first kappa shape index (κ1) is 16.1. The molecule has 1 saturated carbocycles. The van der Waals surface area contributed by atoms with Crippen LogP contribution in [-0.2, 0) is 0 Å². The summed E-state index contributed by atoms with van der Waals surface area (Å²) >= 11 is 0. The predicted octanol–water partition coefficient (Wildman–Crippen LogP) is 3.23. The molecule has 0 heterocycles. The van der Waals surface area contributed by atoms with Crippen LogP contribution in [0.5, 0.6) is 5.75 Å². The van der Waals surface area contributed by atoms with Crippen LogP contribution in [-0.4, -0.2) is 19.1 Å². The minimum absolute atomic E-state index is 0. The van der Waals surface area contributed by atoms with Gasteiger partial charge in [-0.3, -0.25) is 0 Å². The molecular formula is C14H22IN3O. The van der Waals surface area contributed by atoms with Crippen LogP contribution in [0.15, 0.2) is 29.3 Å². The molecule has 0 aromatic heterocycles. The van der Waals surface area contributed by atoms with Crippen molar-refractivity contribution in [1.29, 1.82) is 0 Å². The molecule has 1 aliphatic rings. The van der Waals surface area contributed by atoms with Crippen molar-refractivity contribution in [3.05, 3.63) is 24.3 Å². The number of halogens is 1. The normalized spacial score (nSPS) is 21.5. The number of ether oxygens (including phenoxy) is 1. The molecule has 1 aromatic rings. The zero-order chi connectivity index (χ0) is 13.0. The first-order chi connectivity index (χ1) is 8.72. The summed E-state index contributed by atoms with van der Waals surface area (Å²) in [6, 6.07) is 8.09. The van der Waals surface area contributed by atoms with Gasteiger partial charge in [0.25, 0.3) is 0 Å². The highest BCUT2D eigenvalue weighted by Crippen LogP contribution is 2.37. The number of hydrogen-bond donors (Lipinski definition) is 2. The molecular weight excluding hydrogens is 353 g/mol. The van der Waals surface area contributed by atoms with E-state index in [0.717, 1.165) is 17.4 Å². The van der Waals surface area contributed by atoms with Gasteiger partial charge in [0.05, 0.1) is 13.2 Å². The van der Waals surface area contributed by atoms with Crippen molar-refractivity contribution < 1.29 is 4.74 Å². The Bertz CT molecular complexity index is 436. The molecule has 0 saturated heterocycles. The first-order valence-corrected chi connectivity index (χ1v) is 6.47. The number of benzene rings is 1. The minimum atomic E-state index is 0. The van der Waals surface area contributed by atoms with Crippen molar-refractivity contribution in [2.45, 2.75) is 32.2 Å². The van der Waals surface area contributed by atoms with Gasteiger partial charge in [-0.05, 0) is 30.9 Å². The van der Waals surface area contributed by atoms with E-state index in [-0.39, 0.29) is 24.0 Å². The molecule has 0 amide bonds. The number of nitrogens with two attached hydrogens (primary N) is 1. The number of guanidine groups is 1. The molecule has 0 aliphatic heterocycles. The van der Waals surface area contributed by atoms with Gasteiger partial charge in [-0.25, -0.2) is 4.99 Å². The zero-order valence-corrected chi connectivity index (χ0v) is 13.8. The van der Waals surface area contributed by atoms with E-state index in [1.165, 1.54) is 19.3 Å². The maximum Gasteiger partial charge on any atom is 0.193 e. The number of nitrogens with one attached hydrogen (secondary N) is 1. The third kappa shape index (κ3) is 4.89. The van der Waals surface area contributed by atoms with Crippen LogP contribution in [0.2, 0.25) is 0 Å². The molecule has 2 rings (SSSR count). The van der Waals surface area contributed by atoms with Gasteiger partial charge in [0.15, 0.2) is 5.96 Å². The number of aliphatic imine (C=N–C) groups is 1. The van der Waals surface area contributed by atoms with Crippen LogP contribution in [0.25, 0.3) is 0 Å². The molecule has 5 heteroatoms. The van der Waals surface area contributed by atoms with E-state index in [1.807, 2.05) is 24.3 Å². The summed E-state index contributed by atoms with van der Waals surface area (Å²) in [5, 5.41) is 3.10. The second kappa shape index (κ2) is 7.57. The number of methoxy groups -OCH3 is 1. The predicted molar refractivity (Wildman–Crippen MR) is 90.5 cm³/mol. The smallest absolute Gasteiger partial charge is 0.193 e. The van der Waals surface area contributed by atoms with Gasteiger partial charge in [0.2, 0.25) is 0 Å². The van der Waals surface area contributed by atoms with Crippen molar-refractivity contribution in [2.24, 2.45) is 16.6 Å². The quantitative estimate of drug-likeness (QED) is 0.472. The molecule has 0 bridgehead atoms. The third-order valence-electron chi connectivity index (χ3n) is 3.19. The van der Waals surface area contributed by atoms with E-state index in [2.05, 4.69) is 17.2 Å². The second-order valence-corrected chi connectivity index (χ2v) is 4.72. The Hall–Kier alpha value is -0.980. The van der Waals surface area contributed by atoms with Gasteiger partial charge in [-0.1, -0.05) is 19.4 Å². The van der Waals surface area contributed by atoms with Crippen molar-refractivity contribution in [3.8, 4) is 5.75 Å². The molecule has 1 aliphatic carbocycles. The summed E-state index contributed by atoms with van der Waals surface area (Å²) in [7, 11) is 1.65. The summed E-state index contributed by atoms with van der Waals surface area (Å²) in [4.78, 5) is 4.48. The molecule has 0 radical (unpaired) electrons. The summed E-state index contributed by atoms with van der Waals surface area (Å²) in [6.07, 6.45) is 3.65. The fourth-order valence-electron chi connectivity index (χ4n) is 2.13. The lowest BCUT2D eigenvalue weighted by Gasteiger charge is -2.07. The van der Waals surface area contributed by atoms with Gasteiger partial charge in [0, 0.05) is 11.8 Å². The fraction of sp³-hybridized carbons (Fsp3) is 0.500. The Labute approximate surface area is 131 Å². The number of rotatable bonds is 5. The highest BCUT2D eigenvalue weighted by Gasteiger charge is 2.35. The van der Waals surface area contributed by atoms with Gasteiger partial charge in [-0.2, -0.15) is 0 Å². The van der Waals surface area contributed by atoms with Crippen molar-refractivity contribution >= 4 is 35.6 Å². The standard InChI is InChI=1S/C14H21N3O.HI/c1-3-5-10-8-13(10)17-14(15)16-11-6-4-7-12(9-11)18-2;/h4,6-7,9-10,13H,3,5,8H2,1-2H3,(H3,15,16,17);1H/t10-,13-;/m1./s1. The van der Waals surface area contributed by atoms with Gasteiger partial charge in [-0.15, -0.1) is 24.0 Å². The summed E-state index contributed by atoms with van der Waals surface area (Å²) in [5.41, 5.74) is 6.80. The molecule has 4 nitrogen and oxygen atoms in total. The van der Waals surface area contributed by atoms with Crippen LogP contribution >= 0.6 is 24.0 Å². The molecule has 2 atom stereocenters. The SMILES string of the molecule is CCC[C@@H]1C[C@H]1N=C(N)Nc1cccc(OC)c1.I. The average molecular weight is 375 g/mol. The topological polar surface area (TPSA) is 59.6 Å². The van der Waals surface area contributed by atoms with Crippen LogP contribution in [0.3, 0.4) is 0 Å². The Morgan fingerprint density at radius 3 is 3.00 bits per heavy atom. The molecule has 3 N–H and O–H groups in total. The third-order valence-corrected chi connectivity index (χ3v) is 3.19. The molecule has 0 spiro atoms. The van der Waals surface area contributed by atoms with E-state index in [0.29, 0.717) is 12.0 Å². The number of anilines is 1. The Morgan fingerprint density at radius 1 is 1.53 bits per heavy atom. The van der Waals surface area contributed by atoms with E-state index in [9.17, 15) is 0 Å². The Morgan fingerprint density at radius 2 is 2.32 bits per heavy atom. The summed E-state index contributed by atoms with van der Waals surface area (Å²) < 4.78 is 5.16. The first-order valence-electron chi connectivity index (χ1n) is 6.47. The zero-order valence-electron chi connectivity index (χ0n) is 11.4. The molecule has 1 fully saturated rings.